The van der Waals surface area contributed by atoms with Gasteiger partial charge in [-0.1, -0.05) is 78.4 Å². The van der Waals surface area contributed by atoms with Gasteiger partial charge in [-0.05, 0) is 30.2 Å². The Hall–Kier alpha value is -2.80. The molecule has 0 amide bonds. The maximum Gasteiger partial charge on any atom is 0.291 e. The van der Waals surface area contributed by atoms with E-state index in [4.69, 9.17) is 5.73 Å². The van der Waals surface area contributed by atoms with Crippen molar-refractivity contribution in [3.8, 4) is 0 Å². The predicted molar refractivity (Wildman–Crippen MR) is 110 cm³/mol. The van der Waals surface area contributed by atoms with Crippen molar-refractivity contribution in [3.63, 3.8) is 0 Å². The monoisotopic (exact) mass is 394 g/mol. The minimum Gasteiger partial charge on any atom is -0.322 e. The van der Waals surface area contributed by atoms with E-state index in [1.165, 1.54) is 12.1 Å². The van der Waals surface area contributed by atoms with Crippen LogP contribution in [-0.2, 0) is 10.0 Å². The molecule has 3 rings (SSSR count). The first kappa shape index (κ1) is 19.9. The minimum absolute atomic E-state index is 0.109. The van der Waals surface area contributed by atoms with Crippen LogP contribution in [0.4, 0.5) is 0 Å². The van der Waals surface area contributed by atoms with Crippen molar-refractivity contribution in [1.82, 2.24) is 4.72 Å². The summed E-state index contributed by atoms with van der Waals surface area (Å²) in [4.78, 5) is 12.6. The summed E-state index contributed by atoms with van der Waals surface area (Å²) in [5, 5.41) is -0.978. The number of nitrogens with two attached hydrogens (primary N) is 1. The van der Waals surface area contributed by atoms with Gasteiger partial charge in [-0.25, -0.2) is 8.42 Å². The third-order valence-electron chi connectivity index (χ3n) is 4.52. The van der Waals surface area contributed by atoms with Gasteiger partial charge in [0.05, 0.1) is 12.1 Å². The molecule has 5 nitrogen and oxygen atoms in total. The number of carbonyl (C=O) groups is 1. The third kappa shape index (κ3) is 4.54. The van der Waals surface area contributed by atoms with Gasteiger partial charge < -0.3 is 5.73 Å². The van der Waals surface area contributed by atoms with Gasteiger partial charge in [-0.15, -0.1) is 0 Å². The number of hydrogen-bond acceptors (Lipinski definition) is 4. The summed E-state index contributed by atoms with van der Waals surface area (Å²) in [5.41, 5.74) is 8.89. The first-order chi connectivity index (χ1) is 13.4. The van der Waals surface area contributed by atoms with Gasteiger partial charge >= 0.3 is 0 Å². The molecule has 2 atom stereocenters. The van der Waals surface area contributed by atoms with E-state index in [0.717, 1.165) is 11.1 Å². The highest BCUT2D eigenvalue weighted by Gasteiger charge is 2.31. The molecule has 0 aliphatic rings. The summed E-state index contributed by atoms with van der Waals surface area (Å²) in [7, 11) is -4.30. The number of nitrogens with one attached hydrogen (secondary N) is 1. The highest BCUT2D eigenvalue weighted by molar-refractivity contribution is 8.05. The highest BCUT2D eigenvalue weighted by Crippen LogP contribution is 2.28. The average molecular weight is 394 g/mol. The Balaban J connectivity index is 1.94. The van der Waals surface area contributed by atoms with E-state index in [1.807, 2.05) is 43.3 Å². The molecular formula is C22H22N2O3S. The summed E-state index contributed by atoms with van der Waals surface area (Å²) >= 11 is 0. The maximum atomic E-state index is 12.8. The second kappa shape index (κ2) is 8.48. The van der Waals surface area contributed by atoms with E-state index in [2.05, 4.69) is 4.72 Å². The van der Waals surface area contributed by atoms with E-state index in [-0.39, 0.29) is 5.56 Å². The molecule has 3 aromatic carbocycles. The first-order valence-corrected chi connectivity index (χ1v) is 10.4. The summed E-state index contributed by atoms with van der Waals surface area (Å²) in [6.45, 7) is 1.87. The molecule has 0 spiro atoms. The van der Waals surface area contributed by atoms with Gasteiger partial charge in [0.15, 0.2) is 0 Å². The molecular weight excluding hydrogens is 372 g/mol. The van der Waals surface area contributed by atoms with Crippen LogP contribution in [0.2, 0.25) is 0 Å². The Bertz CT molecular complexity index is 1030. The van der Waals surface area contributed by atoms with E-state index >= 15 is 0 Å². The molecule has 0 fully saturated rings. The lowest BCUT2D eigenvalue weighted by atomic mass is 9.95. The van der Waals surface area contributed by atoms with Crippen LogP contribution in [0.5, 0.6) is 0 Å². The fraction of sp³-hybridized carbons (Fsp3) is 0.136. The van der Waals surface area contributed by atoms with Gasteiger partial charge in [-0.2, -0.15) is 4.72 Å². The van der Waals surface area contributed by atoms with Crippen LogP contribution in [0, 0.1) is 6.92 Å². The number of benzene rings is 3. The quantitative estimate of drug-likeness (QED) is 0.670. The standard InChI is InChI=1S/C22H22N2O3S/c1-16-12-14-19(15-13-16)22(25)28(26,27)24-21(18-10-6-3-7-11-18)20(23)17-8-4-2-5-9-17/h2-15,20-21,24H,23H2,1H3/t20-,21-/m1/s1. The highest BCUT2D eigenvalue weighted by atomic mass is 32.2. The fourth-order valence-corrected chi connectivity index (χ4v) is 4.11. The van der Waals surface area contributed by atoms with E-state index in [9.17, 15) is 13.2 Å². The van der Waals surface area contributed by atoms with Crippen LogP contribution in [-0.4, -0.2) is 13.5 Å². The molecule has 0 radical (unpaired) electrons. The second-order valence-electron chi connectivity index (χ2n) is 6.60. The third-order valence-corrected chi connectivity index (χ3v) is 5.80. The molecule has 28 heavy (non-hydrogen) atoms. The zero-order chi connectivity index (χ0) is 20.1. The van der Waals surface area contributed by atoms with Crippen molar-refractivity contribution in [3.05, 3.63) is 107 Å². The number of aryl methyl sites for hydroxylation is 1. The van der Waals surface area contributed by atoms with E-state index in [0.29, 0.717) is 5.56 Å². The van der Waals surface area contributed by atoms with Gasteiger partial charge in [-0.3, -0.25) is 4.79 Å². The van der Waals surface area contributed by atoms with Crippen molar-refractivity contribution in [1.29, 1.82) is 0 Å². The van der Waals surface area contributed by atoms with Gasteiger partial charge in [0.2, 0.25) is 0 Å². The lowest BCUT2D eigenvalue weighted by molar-refractivity contribution is 0.107. The maximum absolute atomic E-state index is 12.8. The molecule has 0 unspecified atom stereocenters. The molecule has 0 saturated carbocycles. The van der Waals surface area contributed by atoms with E-state index in [1.54, 1.807) is 36.4 Å². The van der Waals surface area contributed by atoms with Crippen molar-refractivity contribution in [2.75, 3.05) is 0 Å². The normalized spacial score (nSPS) is 13.6. The molecule has 0 aliphatic carbocycles. The molecule has 3 N–H and O–H groups in total. The van der Waals surface area contributed by atoms with Crippen molar-refractivity contribution in [2.45, 2.75) is 19.0 Å². The molecule has 0 aliphatic heterocycles. The Labute approximate surface area is 165 Å². The van der Waals surface area contributed by atoms with Gasteiger partial charge in [0.1, 0.15) is 0 Å². The van der Waals surface area contributed by atoms with Crippen LogP contribution in [0.15, 0.2) is 84.9 Å². The molecule has 0 heterocycles. The van der Waals surface area contributed by atoms with Crippen LogP contribution in [0.3, 0.4) is 0 Å². The lowest BCUT2D eigenvalue weighted by Gasteiger charge is -2.25. The first-order valence-electron chi connectivity index (χ1n) is 8.87. The Morgan fingerprint density at radius 1 is 0.821 bits per heavy atom. The zero-order valence-electron chi connectivity index (χ0n) is 15.4. The largest absolute Gasteiger partial charge is 0.322 e. The van der Waals surface area contributed by atoms with Gasteiger partial charge in [0.25, 0.3) is 15.1 Å². The molecule has 144 valence electrons. The molecule has 0 bridgehead atoms. The molecule has 6 heteroatoms. The Morgan fingerprint density at radius 3 is 1.86 bits per heavy atom. The summed E-state index contributed by atoms with van der Waals surface area (Å²) in [6, 6.07) is 23.2. The minimum atomic E-state index is -4.30. The number of rotatable bonds is 6. The van der Waals surface area contributed by atoms with Crippen molar-refractivity contribution >= 4 is 15.1 Å². The predicted octanol–water partition coefficient (Wildman–Crippen LogP) is 3.50. The number of hydrogen-bond donors (Lipinski definition) is 2. The molecule has 0 saturated heterocycles. The van der Waals surface area contributed by atoms with Crippen LogP contribution < -0.4 is 10.5 Å². The topological polar surface area (TPSA) is 89.3 Å². The molecule has 3 aromatic rings. The second-order valence-corrected chi connectivity index (χ2v) is 8.21. The Kier molecular flexibility index (Phi) is 6.04. The fourth-order valence-electron chi connectivity index (χ4n) is 2.94. The summed E-state index contributed by atoms with van der Waals surface area (Å²) in [6.07, 6.45) is 0. The van der Waals surface area contributed by atoms with Crippen molar-refractivity contribution in [2.24, 2.45) is 5.73 Å². The summed E-state index contributed by atoms with van der Waals surface area (Å²) < 4.78 is 28.2. The van der Waals surface area contributed by atoms with Crippen LogP contribution in [0.25, 0.3) is 0 Å². The number of sulfonamides is 1. The SMILES string of the molecule is Cc1ccc(C(=O)S(=O)(=O)N[C@H](c2ccccc2)[C@H](N)c2ccccc2)cc1. The van der Waals surface area contributed by atoms with Gasteiger partial charge in [0, 0.05) is 5.56 Å². The van der Waals surface area contributed by atoms with Crippen LogP contribution in [0.1, 0.15) is 39.1 Å². The van der Waals surface area contributed by atoms with Crippen LogP contribution >= 0.6 is 0 Å². The zero-order valence-corrected chi connectivity index (χ0v) is 16.3. The molecule has 0 aromatic heterocycles. The van der Waals surface area contributed by atoms with E-state index < -0.39 is 27.2 Å². The number of carbonyl (C=O) groups excluding carboxylic acids is 1. The average Bonchev–Trinajstić information content (AvgIpc) is 2.73. The Morgan fingerprint density at radius 2 is 1.32 bits per heavy atom. The lowest BCUT2D eigenvalue weighted by Crippen LogP contribution is -2.39. The smallest absolute Gasteiger partial charge is 0.291 e. The summed E-state index contributed by atoms with van der Waals surface area (Å²) in [5.74, 6) is 0. The van der Waals surface area contributed by atoms with Crippen molar-refractivity contribution < 1.29 is 13.2 Å².